The summed E-state index contributed by atoms with van der Waals surface area (Å²) in [5, 5.41) is 14.0. The number of nitrogens with zero attached hydrogens (tertiary/aromatic N) is 2. The van der Waals surface area contributed by atoms with Crippen molar-refractivity contribution < 1.29 is 19.1 Å². The molecule has 0 spiro atoms. The summed E-state index contributed by atoms with van der Waals surface area (Å²) in [5.74, 6) is 0.00481. The van der Waals surface area contributed by atoms with E-state index >= 15 is 0 Å². The number of aromatic amines is 1. The third-order valence-corrected chi connectivity index (χ3v) is 5.61. The number of nitrogens with one attached hydrogen (secondary N) is 3. The summed E-state index contributed by atoms with van der Waals surface area (Å²) in [6, 6.07) is 19.2. The summed E-state index contributed by atoms with van der Waals surface area (Å²) >= 11 is 0. The van der Waals surface area contributed by atoms with E-state index in [0.717, 1.165) is 6.42 Å². The number of ether oxygens (including phenoxy) is 2. The fourth-order valence-corrected chi connectivity index (χ4v) is 3.75. The Hall–Kier alpha value is -4.99. The number of benzene rings is 3. The summed E-state index contributed by atoms with van der Waals surface area (Å²) < 4.78 is 11.0. The maximum atomic E-state index is 13.3. The lowest BCUT2D eigenvalue weighted by atomic mass is 10.0. The maximum Gasteiger partial charge on any atom is 0.272 e. The summed E-state index contributed by atoms with van der Waals surface area (Å²) in [7, 11) is 1.54. The molecule has 3 N–H and O–H groups in total. The van der Waals surface area contributed by atoms with Crippen LogP contribution in [0, 0.1) is 0 Å². The smallest absolute Gasteiger partial charge is 0.272 e. The Labute approximate surface area is 218 Å². The molecule has 2 amide bonds. The molecule has 4 rings (SSSR count). The molecule has 194 valence electrons. The molecule has 0 saturated heterocycles. The van der Waals surface area contributed by atoms with Gasteiger partial charge in [-0.1, -0.05) is 43.3 Å². The van der Waals surface area contributed by atoms with Crippen molar-refractivity contribution in [3.63, 3.8) is 0 Å². The number of fused-ring (bicyclic) bond motifs is 1. The van der Waals surface area contributed by atoms with Gasteiger partial charge in [-0.25, -0.2) is 10.5 Å². The molecule has 38 heavy (non-hydrogen) atoms. The van der Waals surface area contributed by atoms with Crippen molar-refractivity contribution in [1.29, 1.82) is 0 Å². The average Bonchev–Trinajstić information content (AvgIpc) is 2.96. The number of hydrogen-bond acceptors (Lipinski definition) is 7. The van der Waals surface area contributed by atoms with Crippen molar-refractivity contribution in [2.24, 2.45) is 5.10 Å². The van der Waals surface area contributed by atoms with Gasteiger partial charge in [0.05, 0.1) is 25.3 Å². The Morgan fingerprint density at radius 3 is 2.50 bits per heavy atom. The number of carbonyl (C=O) groups is 2. The highest BCUT2D eigenvalue weighted by Crippen LogP contribution is 2.27. The highest BCUT2D eigenvalue weighted by molar-refractivity contribution is 5.99. The highest BCUT2D eigenvalue weighted by atomic mass is 16.5. The van der Waals surface area contributed by atoms with Gasteiger partial charge in [-0.05, 0) is 48.4 Å². The van der Waals surface area contributed by atoms with Gasteiger partial charge in [0.15, 0.2) is 17.5 Å². The molecule has 0 aliphatic heterocycles. The molecule has 0 aliphatic carbocycles. The molecule has 0 aliphatic rings. The second-order valence-corrected chi connectivity index (χ2v) is 8.25. The third kappa shape index (κ3) is 6.04. The standard InChI is InChI=1S/C28H27N5O5/c1-3-15-38-22-14-13-18(16-23(22)37-2)17-29-32-28(36)25(30-26(34)19-9-5-4-6-10-19)24-20-11-7-8-12-21(20)27(35)33-31-24/h4-14,16-17,25H,3,15H2,1-2H3,(H,30,34)(H,32,36)(H,33,35)/t25-/m0/s1. The first-order valence-corrected chi connectivity index (χ1v) is 12.0. The van der Waals surface area contributed by atoms with Gasteiger partial charge in [-0.2, -0.15) is 10.2 Å². The zero-order valence-corrected chi connectivity index (χ0v) is 20.9. The zero-order valence-electron chi connectivity index (χ0n) is 20.9. The monoisotopic (exact) mass is 513 g/mol. The fourth-order valence-electron chi connectivity index (χ4n) is 3.75. The van der Waals surface area contributed by atoms with Crippen LogP contribution < -0.4 is 25.8 Å². The number of amides is 2. The first-order chi connectivity index (χ1) is 18.5. The summed E-state index contributed by atoms with van der Waals surface area (Å²) in [6.45, 7) is 2.57. The number of hydrazone groups is 1. The van der Waals surface area contributed by atoms with E-state index in [2.05, 4.69) is 26.0 Å². The number of hydrogen-bond donors (Lipinski definition) is 3. The normalized spacial score (nSPS) is 11.7. The van der Waals surface area contributed by atoms with Gasteiger partial charge >= 0.3 is 0 Å². The lowest BCUT2D eigenvalue weighted by Crippen LogP contribution is -2.40. The minimum atomic E-state index is -1.25. The first kappa shape index (κ1) is 26.1. The molecule has 0 unspecified atom stereocenters. The SMILES string of the molecule is CCCOc1ccc(C=NNC(=O)[C@@H](NC(=O)c2ccccc2)c2n[nH]c(=O)c3ccccc23)cc1OC. The van der Waals surface area contributed by atoms with Gasteiger partial charge in [0.25, 0.3) is 17.4 Å². The predicted octanol–water partition coefficient (Wildman–Crippen LogP) is 3.34. The van der Waals surface area contributed by atoms with E-state index in [-0.39, 0.29) is 5.69 Å². The van der Waals surface area contributed by atoms with E-state index < -0.39 is 23.4 Å². The van der Waals surface area contributed by atoms with Crippen LogP contribution >= 0.6 is 0 Å². The van der Waals surface area contributed by atoms with Crippen molar-refractivity contribution in [2.75, 3.05) is 13.7 Å². The average molecular weight is 514 g/mol. The van der Waals surface area contributed by atoms with E-state index in [4.69, 9.17) is 9.47 Å². The van der Waals surface area contributed by atoms with E-state index in [1.54, 1.807) is 79.9 Å². The molecule has 10 heteroatoms. The molecule has 1 heterocycles. The van der Waals surface area contributed by atoms with Crippen LogP contribution in [0.15, 0.2) is 82.7 Å². The number of methoxy groups -OCH3 is 1. The Kier molecular flexibility index (Phi) is 8.45. The summed E-state index contributed by atoms with van der Waals surface area (Å²) in [4.78, 5) is 38.5. The van der Waals surface area contributed by atoms with Crippen molar-refractivity contribution in [3.05, 3.63) is 100.0 Å². The van der Waals surface area contributed by atoms with Crippen LogP contribution in [0.1, 0.15) is 41.0 Å². The first-order valence-electron chi connectivity index (χ1n) is 12.0. The van der Waals surface area contributed by atoms with Gasteiger partial charge in [-0.3, -0.25) is 14.4 Å². The van der Waals surface area contributed by atoms with E-state index in [1.807, 2.05) is 6.92 Å². The van der Waals surface area contributed by atoms with Crippen molar-refractivity contribution in [2.45, 2.75) is 19.4 Å². The van der Waals surface area contributed by atoms with Crippen LogP contribution in [0.5, 0.6) is 11.5 Å². The Morgan fingerprint density at radius 2 is 1.76 bits per heavy atom. The lowest BCUT2D eigenvalue weighted by Gasteiger charge is -2.18. The Morgan fingerprint density at radius 1 is 1.03 bits per heavy atom. The molecule has 4 aromatic rings. The van der Waals surface area contributed by atoms with E-state index in [9.17, 15) is 14.4 Å². The van der Waals surface area contributed by atoms with Crippen molar-refractivity contribution in [1.82, 2.24) is 20.9 Å². The van der Waals surface area contributed by atoms with E-state index in [0.29, 0.717) is 40.0 Å². The molecule has 1 atom stereocenters. The zero-order chi connectivity index (χ0) is 26.9. The second-order valence-electron chi connectivity index (χ2n) is 8.25. The predicted molar refractivity (Wildman–Crippen MR) is 144 cm³/mol. The van der Waals surface area contributed by atoms with Crippen LogP contribution in [-0.4, -0.2) is 41.9 Å². The molecule has 0 radical (unpaired) electrons. The minimum Gasteiger partial charge on any atom is -0.493 e. The number of rotatable bonds is 10. The molecule has 0 bridgehead atoms. The third-order valence-electron chi connectivity index (χ3n) is 5.61. The second kappa shape index (κ2) is 12.3. The molecular weight excluding hydrogens is 486 g/mol. The number of H-pyrrole nitrogens is 1. The molecule has 10 nitrogen and oxygen atoms in total. The van der Waals surface area contributed by atoms with Gasteiger partial charge in [-0.15, -0.1) is 0 Å². The van der Waals surface area contributed by atoms with Crippen LogP contribution in [0.2, 0.25) is 0 Å². The number of carbonyl (C=O) groups excluding carboxylic acids is 2. The van der Waals surface area contributed by atoms with Crippen LogP contribution in [-0.2, 0) is 4.79 Å². The van der Waals surface area contributed by atoms with Gasteiger partial charge in [0.1, 0.15) is 5.69 Å². The van der Waals surface area contributed by atoms with Gasteiger partial charge in [0.2, 0.25) is 0 Å². The number of aromatic nitrogens is 2. The quantitative estimate of drug-likeness (QED) is 0.220. The van der Waals surface area contributed by atoms with Crippen molar-refractivity contribution >= 4 is 28.8 Å². The van der Waals surface area contributed by atoms with Gasteiger partial charge in [0, 0.05) is 10.9 Å². The molecule has 0 saturated carbocycles. The molecule has 3 aromatic carbocycles. The minimum absolute atomic E-state index is 0.177. The molecular formula is C28H27N5O5. The topological polar surface area (TPSA) is 135 Å². The Bertz CT molecular complexity index is 1520. The van der Waals surface area contributed by atoms with Crippen molar-refractivity contribution in [3.8, 4) is 11.5 Å². The van der Waals surface area contributed by atoms with Gasteiger partial charge < -0.3 is 14.8 Å². The summed E-state index contributed by atoms with van der Waals surface area (Å²) in [6.07, 6.45) is 2.30. The highest BCUT2D eigenvalue weighted by Gasteiger charge is 2.27. The summed E-state index contributed by atoms with van der Waals surface area (Å²) in [5.41, 5.74) is 3.25. The van der Waals surface area contributed by atoms with Crippen LogP contribution in [0.3, 0.4) is 0 Å². The maximum absolute atomic E-state index is 13.3. The largest absolute Gasteiger partial charge is 0.493 e. The van der Waals surface area contributed by atoms with Crippen LogP contribution in [0.25, 0.3) is 10.8 Å². The van der Waals surface area contributed by atoms with Crippen LogP contribution in [0.4, 0.5) is 0 Å². The Balaban J connectivity index is 1.61. The molecule has 1 aromatic heterocycles. The fraction of sp³-hybridized carbons (Fsp3) is 0.179. The molecule has 0 fully saturated rings. The lowest BCUT2D eigenvalue weighted by molar-refractivity contribution is -0.123. The van der Waals surface area contributed by atoms with E-state index in [1.165, 1.54) is 6.21 Å².